The maximum atomic E-state index is 12.9. The highest BCUT2D eigenvalue weighted by Gasteiger charge is 2.35. The number of halogens is 4. The SMILES string of the molecule is CCc1cc(Oc2ccc(C(F)(F)F)cc2Cl)cc(C(=O)OOC(C)P(=O)(OC)OC)c1[N+](=O)[O-]. The van der Waals surface area contributed by atoms with Gasteiger partial charge in [0.05, 0.1) is 15.5 Å². The molecule has 1 unspecified atom stereocenters. The molecule has 0 aliphatic heterocycles. The van der Waals surface area contributed by atoms with Gasteiger partial charge in [-0.1, -0.05) is 18.5 Å². The molecular weight excluding hydrogens is 522 g/mol. The molecular formula is C20H20ClF3NO9P. The van der Waals surface area contributed by atoms with Crippen LogP contribution in [-0.2, 0) is 36.0 Å². The second-order valence-corrected chi connectivity index (χ2v) is 9.75. The Morgan fingerprint density at radius 3 is 2.31 bits per heavy atom. The zero-order valence-corrected chi connectivity index (χ0v) is 20.4. The van der Waals surface area contributed by atoms with Crippen LogP contribution in [-0.4, -0.2) is 31.0 Å². The molecule has 0 N–H and O–H groups in total. The van der Waals surface area contributed by atoms with Crippen molar-refractivity contribution in [1.29, 1.82) is 0 Å². The number of nitro groups is 1. The van der Waals surface area contributed by atoms with Gasteiger partial charge in [0.1, 0.15) is 17.1 Å². The topological polar surface area (TPSA) is 123 Å². The van der Waals surface area contributed by atoms with Crippen LogP contribution in [0.2, 0.25) is 5.02 Å². The van der Waals surface area contributed by atoms with Crippen LogP contribution in [0.3, 0.4) is 0 Å². The Balaban J connectivity index is 2.42. The fourth-order valence-corrected chi connectivity index (χ4v) is 3.94. The highest BCUT2D eigenvalue weighted by atomic mass is 35.5. The molecule has 0 saturated heterocycles. The second kappa shape index (κ2) is 11.4. The third-order valence-corrected chi connectivity index (χ3v) is 6.94. The maximum Gasteiger partial charge on any atom is 0.416 e. The molecule has 2 aromatic carbocycles. The molecule has 0 heterocycles. The Morgan fingerprint density at radius 1 is 1.20 bits per heavy atom. The summed E-state index contributed by atoms with van der Waals surface area (Å²) < 4.78 is 65.8. The summed E-state index contributed by atoms with van der Waals surface area (Å²) in [6, 6.07) is 4.53. The molecule has 0 aliphatic carbocycles. The number of alkyl halides is 3. The fraction of sp³-hybridized carbons (Fsp3) is 0.350. The lowest BCUT2D eigenvalue weighted by atomic mass is 10.0. The van der Waals surface area contributed by atoms with Crippen molar-refractivity contribution in [3.8, 4) is 11.5 Å². The van der Waals surface area contributed by atoms with Gasteiger partial charge in [0, 0.05) is 25.8 Å². The van der Waals surface area contributed by atoms with Crippen LogP contribution in [0.25, 0.3) is 0 Å². The molecule has 2 aromatic rings. The number of rotatable bonds is 10. The van der Waals surface area contributed by atoms with Crippen LogP contribution in [0.15, 0.2) is 30.3 Å². The first-order valence-corrected chi connectivity index (χ1v) is 11.7. The number of carbonyl (C=O) groups is 1. The molecule has 35 heavy (non-hydrogen) atoms. The van der Waals surface area contributed by atoms with Gasteiger partial charge in [-0.05, 0) is 37.6 Å². The monoisotopic (exact) mass is 541 g/mol. The van der Waals surface area contributed by atoms with E-state index in [0.29, 0.717) is 6.07 Å². The summed E-state index contributed by atoms with van der Waals surface area (Å²) in [5.74, 6) is -3.05. The van der Waals surface area contributed by atoms with Gasteiger partial charge in [-0.2, -0.15) is 18.1 Å². The maximum absolute atomic E-state index is 12.9. The normalized spacial score (nSPS) is 12.8. The van der Waals surface area contributed by atoms with Crippen LogP contribution in [0, 0.1) is 10.1 Å². The number of hydrogen-bond donors (Lipinski definition) is 0. The Kier molecular flexibility index (Phi) is 9.26. The van der Waals surface area contributed by atoms with Crippen LogP contribution < -0.4 is 4.74 Å². The smallest absolute Gasteiger partial charge is 0.416 e. The lowest BCUT2D eigenvalue weighted by molar-refractivity contribution is -0.386. The van der Waals surface area contributed by atoms with Crippen LogP contribution in [0.5, 0.6) is 11.5 Å². The standard InChI is InChI=1S/C20H20ClF3NO9P/c1-5-12-8-14(32-17-7-6-13(9-16(17)21)20(22,23)24)10-15(18(12)25(27)28)19(26)34-33-11(2)35(29,30-3)31-4/h6-11H,5H2,1-4H3. The minimum atomic E-state index is -4.63. The predicted molar refractivity (Wildman–Crippen MR) is 117 cm³/mol. The average molecular weight is 542 g/mol. The van der Waals surface area contributed by atoms with Gasteiger partial charge in [-0.25, -0.2) is 4.79 Å². The van der Waals surface area contributed by atoms with Gasteiger partial charge in [0.25, 0.3) is 5.69 Å². The Bertz CT molecular complexity index is 1150. The highest BCUT2D eigenvalue weighted by Crippen LogP contribution is 2.52. The molecule has 0 amide bonds. The number of aryl methyl sites for hydroxylation is 1. The number of benzene rings is 2. The van der Waals surface area contributed by atoms with E-state index in [4.69, 9.17) is 30.3 Å². The van der Waals surface area contributed by atoms with E-state index in [1.807, 2.05) is 0 Å². The first kappa shape index (κ1) is 28.5. The molecule has 192 valence electrons. The summed E-state index contributed by atoms with van der Waals surface area (Å²) in [6.07, 6.45) is -4.55. The molecule has 1 atom stereocenters. The van der Waals surface area contributed by atoms with Gasteiger partial charge in [0.15, 0.2) is 0 Å². The van der Waals surface area contributed by atoms with E-state index in [0.717, 1.165) is 32.4 Å². The summed E-state index contributed by atoms with van der Waals surface area (Å²) in [5, 5.41) is 11.3. The van der Waals surface area contributed by atoms with E-state index in [2.05, 4.69) is 4.89 Å². The summed E-state index contributed by atoms with van der Waals surface area (Å²) in [7, 11) is -1.63. The van der Waals surface area contributed by atoms with Gasteiger partial charge in [-0.15, -0.1) is 0 Å². The number of ether oxygens (including phenoxy) is 1. The largest absolute Gasteiger partial charge is 0.456 e. The first-order chi connectivity index (χ1) is 16.3. The van der Waals surface area contributed by atoms with Crippen LogP contribution >= 0.6 is 19.2 Å². The zero-order chi connectivity index (χ0) is 26.6. The van der Waals surface area contributed by atoms with Crippen molar-refractivity contribution in [2.45, 2.75) is 32.3 Å². The van der Waals surface area contributed by atoms with Crippen LogP contribution in [0.4, 0.5) is 18.9 Å². The highest BCUT2D eigenvalue weighted by molar-refractivity contribution is 7.54. The summed E-state index contributed by atoms with van der Waals surface area (Å²) in [6.45, 7) is 2.79. The second-order valence-electron chi connectivity index (χ2n) is 6.81. The van der Waals surface area contributed by atoms with Crippen LogP contribution in [0.1, 0.15) is 35.3 Å². The fourth-order valence-electron chi connectivity index (χ4n) is 2.83. The number of nitro benzene ring substituents is 1. The van der Waals surface area contributed by atoms with Crippen molar-refractivity contribution in [2.24, 2.45) is 0 Å². The van der Waals surface area contributed by atoms with Gasteiger partial charge >= 0.3 is 19.7 Å². The van der Waals surface area contributed by atoms with E-state index >= 15 is 0 Å². The minimum absolute atomic E-state index is 0.0509. The lowest BCUT2D eigenvalue weighted by Crippen LogP contribution is -2.17. The quantitative estimate of drug-likeness (QED) is 0.143. The number of nitrogens with zero attached hydrogens (tertiary/aromatic N) is 1. The average Bonchev–Trinajstić information content (AvgIpc) is 2.81. The van der Waals surface area contributed by atoms with E-state index in [1.54, 1.807) is 6.92 Å². The van der Waals surface area contributed by atoms with E-state index in [-0.39, 0.29) is 28.5 Å². The van der Waals surface area contributed by atoms with Gasteiger partial charge in [0.2, 0.25) is 5.85 Å². The molecule has 0 spiro atoms. The number of hydrogen-bond acceptors (Lipinski definition) is 9. The van der Waals surface area contributed by atoms with Crippen molar-refractivity contribution < 1.29 is 51.0 Å². The first-order valence-electron chi connectivity index (χ1n) is 9.72. The summed E-state index contributed by atoms with van der Waals surface area (Å²) in [4.78, 5) is 32.9. The summed E-state index contributed by atoms with van der Waals surface area (Å²) >= 11 is 5.90. The Hall–Kier alpha value is -2.70. The molecule has 10 nitrogen and oxygen atoms in total. The number of carbonyl (C=O) groups excluding carboxylic acids is 1. The summed E-state index contributed by atoms with van der Waals surface area (Å²) in [5.41, 5.74) is -2.16. The third-order valence-electron chi connectivity index (χ3n) is 4.65. The lowest BCUT2D eigenvalue weighted by Gasteiger charge is -2.19. The van der Waals surface area contributed by atoms with Gasteiger partial charge < -0.3 is 13.8 Å². The van der Waals surface area contributed by atoms with Crippen molar-refractivity contribution in [3.05, 3.63) is 62.2 Å². The zero-order valence-electron chi connectivity index (χ0n) is 18.8. The molecule has 0 saturated carbocycles. The van der Waals surface area contributed by atoms with E-state index in [9.17, 15) is 32.6 Å². The molecule has 15 heteroatoms. The van der Waals surface area contributed by atoms with Crippen molar-refractivity contribution in [3.63, 3.8) is 0 Å². The molecule has 0 radical (unpaired) electrons. The van der Waals surface area contributed by atoms with Gasteiger partial charge in [-0.3, -0.25) is 19.6 Å². The van der Waals surface area contributed by atoms with E-state index < -0.39 is 47.3 Å². The molecule has 2 rings (SSSR count). The minimum Gasteiger partial charge on any atom is -0.456 e. The third kappa shape index (κ3) is 6.71. The molecule has 0 fully saturated rings. The Morgan fingerprint density at radius 2 is 1.83 bits per heavy atom. The van der Waals surface area contributed by atoms with Crippen molar-refractivity contribution >= 4 is 30.9 Å². The predicted octanol–water partition coefficient (Wildman–Crippen LogP) is 6.54. The van der Waals surface area contributed by atoms with Crippen molar-refractivity contribution in [2.75, 3.05) is 14.2 Å². The van der Waals surface area contributed by atoms with E-state index in [1.165, 1.54) is 13.0 Å². The Labute approximate surface area is 202 Å². The van der Waals surface area contributed by atoms with Crippen molar-refractivity contribution in [1.82, 2.24) is 0 Å². The molecule has 0 bridgehead atoms. The molecule has 0 aromatic heterocycles. The molecule has 0 aliphatic rings.